The lowest BCUT2D eigenvalue weighted by molar-refractivity contribution is -0.113. The van der Waals surface area contributed by atoms with Gasteiger partial charge in [-0.1, -0.05) is 56.3 Å². The van der Waals surface area contributed by atoms with E-state index in [1.54, 1.807) is 7.11 Å². The molecule has 0 aliphatic heterocycles. The van der Waals surface area contributed by atoms with Crippen molar-refractivity contribution in [3.05, 3.63) is 53.6 Å². The molecule has 7 heteroatoms. The highest BCUT2D eigenvalue weighted by Crippen LogP contribution is 2.32. The predicted molar refractivity (Wildman–Crippen MR) is 116 cm³/mol. The molecule has 1 amide bonds. The van der Waals surface area contributed by atoms with E-state index in [4.69, 9.17) is 9.15 Å². The third kappa shape index (κ3) is 5.38. The van der Waals surface area contributed by atoms with Gasteiger partial charge >= 0.3 is 0 Å². The largest absolute Gasteiger partial charge is 0.495 e. The van der Waals surface area contributed by atoms with Crippen LogP contribution in [0.2, 0.25) is 0 Å². The molecule has 1 heterocycles. The molecule has 6 nitrogen and oxygen atoms in total. The second-order valence-corrected chi connectivity index (χ2v) is 8.67. The molecule has 0 spiro atoms. The number of carbonyl (C=O) groups is 1. The van der Waals surface area contributed by atoms with Crippen LogP contribution in [0.25, 0.3) is 11.5 Å². The Labute approximate surface area is 175 Å². The lowest BCUT2D eigenvalue weighted by Crippen LogP contribution is -2.17. The van der Waals surface area contributed by atoms with Crippen molar-refractivity contribution < 1.29 is 13.9 Å². The number of thioether (sulfide) groups is 1. The molecule has 0 saturated heterocycles. The van der Waals surface area contributed by atoms with Gasteiger partial charge in [0, 0.05) is 5.56 Å². The molecule has 0 atom stereocenters. The first-order valence-electron chi connectivity index (χ1n) is 9.28. The average Bonchev–Trinajstić information content (AvgIpc) is 3.15. The summed E-state index contributed by atoms with van der Waals surface area (Å²) in [5.74, 6) is 1.04. The van der Waals surface area contributed by atoms with Gasteiger partial charge in [0.05, 0.1) is 18.6 Å². The molecule has 29 heavy (non-hydrogen) atoms. The number of rotatable bonds is 6. The Morgan fingerprint density at radius 2 is 1.97 bits per heavy atom. The van der Waals surface area contributed by atoms with Crippen molar-refractivity contribution in [2.45, 2.75) is 38.3 Å². The van der Waals surface area contributed by atoms with Crippen molar-refractivity contribution in [2.24, 2.45) is 0 Å². The van der Waals surface area contributed by atoms with Crippen LogP contribution in [0.1, 0.15) is 31.9 Å². The molecular weight excluding hydrogens is 386 g/mol. The lowest BCUT2D eigenvalue weighted by Gasteiger charge is -2.21. The third-order valence-electron chi connectivity index (χ3n) is 4.34. The number of anilines is 1. The minimum Gasteiger partial charge on any atom is -0.495 e. The van der Waals surface area contributed by atoms with Gasteiger partial charge in [0.1, 0.15) is 5.75 Å². The number of amides is 1. The maximum atomic E-state index is 12.5. The number of hydrogen-bond donors (Lipinski definition) is 1. The highest BCUT2D eigenvalue weighted by atomic mass is 32.2. The number of nitrogens with one attached hydrogen (secondary N) is 1. The molecule has 0 fully saturated rings. The Kier molecular flexibility index (Phi) is 6.27. The second kappa shape index (κ2) is 8.69. The minimum absolute atomic E-state index is 0.0313. The Morgan fingerprint density at radius 1 is 1.17 bits per heavy atom. The smallest absolute Gasteiger partial charge is 0.277 e. The van der Waals surface area contributed by atoms with Crippen LogP contribution >= 0.6 is 11.8 Å². The summed E-state index contributed by atoms with van der Waals surface area (Å²) in [6, 6.07) is 13.7. The molecular formula is C22H25N3O3S. The molecule has 0 bridgehead atoms. The summed E-state index contributed by atoms with van der Waals surface area (Å²) in [6.07, 6.45) is 0. The number of carbonyl (C=O) groups excluding carboxylic acids is 1. The van der Waals surface area contributed by atoms with E-state index in [0.717, 1.165) is 16.7 Å². The number of methoxy groups -OCH3 is 1. The summed E-state index contributed by atoms with van der Waals surface area (Å²) >= 11 is 1.20. The van der Waals surface area contributed by atoms with Crippen molar-refractivity contribution in [2.75, 3.05) is 18.2 Å². The van der Waals surface area contributed by atoms with Crippen LogP contribution in [0.4, 0.5) is 5.69 Å². The Morgan fingerprint density at radius 3 is 2.66 bits per heavy atom. The minimum atomic E-state index is -0.172. The molecule has 1 aromatic heterocycles. The lowest BCUT2D eigenvalue weighted by atomic mass is 9.87. The molecule has 0 aliphatic rings. The zero-order chi connectivity index (χ0) is 21.0. The van der Waals surface area contributed by atoms with E-state index in [1.165, 1.54) is 11.8 Å². The monoisotopic (exact) mass is 411 g/mol. The van der Waals surface area contributed by atoms with Gasteiger partial charge in [-0.25, -0.2) is 0 Å². The second-order valence-electron chi connectivity index (χ2n) is 7.74. The molecule has 0 radical (unpaired) electrons. The van der Waals surface area contributed by atoms with Crippen molar-refractivity contribution in [3.8, 4) is 17.2 Å². The highest BCUT2D eigenvalue weighted by molar-refractivity contribution is 7.99. The van der Waals surface area contributed by atoms with Crippen molar-refractivity contribution >= 4 is 23.4 Å². The SMILES string of the molecule is COc1ccc(C(C)(C)C)cc1NC(=O)CSc1nnc(-c2cccc(C)c2)o1. The summed E-state index contributed by atoms with van der Waals surface area (Å²) in [6.45, 7) is 8.37. The van der Waals surface area contributed by atoms with Crippen molar-refractivity contribution in [1.82, 2.24) is 10.2 Å². The summed E-state index contributed by atoms with van der Waals surface area (Å²) < 4.78 is 11.0. The molecule has 2 aromatic carbocycles. The molecule has 0 aliphatic carbocycles. The summed E-state index contributed by atoms with van der Waals surface area (Å²) in [7, 11) is 1.59. The Hall–Kier alpha value is -2.80. The van der Waals surface area contributed by atoms with Crippen LogP contribution in [0, 0.1) is 6.92 Å². The van der Waals surface area contributed by atoms with Gasteiger partial charge in [0.2, 0.25) is 11.8 Å². The van der Waals surface area contributed by atoms with Crippen LogP contribution in [0.3, 0.4) is 0 Å². The average molecular weight is 412 g/mol. The standard InChI is InChI=1S/C22H25N3O3S/c1-14-7-6-8-15(11-14)20-24-25-21(28-20)29-13-19(26)23-17-12-16(22(2,3)4)9-10-18(17)27-5/h6-12H,13H2,1-5H3,(H,23,26). The molecule has 0 saturated carbocycles. The fourth-order valence-corrected chi connectivity index (χ4v) is 3.31. The van der Waals surface area contributed by atoms with Crippen molar-refractivity contribution in [1.29, 1.82) is 0 Å². The molecule has 152 valence electrons. The van der Waals surface area contributed by atoms with E-state index in [-0.39, 0.29) is 17.1 Å². The first-order chi connectivity index (χ1) is 13.8. The van der Waals surface area contributed by atoms with E-state index in [0.29, 0.717) is 22.6 Å². The zero-order valence-corrected chi connectivity index (χ0v) is 18.1. The van der Waals surface area contributed by atoms with Gasteiger partial charge < -0.3 is 14.5 Å². The summed E-state index contributed by atoms with van der Waals surface area (Å²) in [5, 5.41) is 11.4. The fourth-order valence-electron chi connectivity index (χ4n) is 2.75. The maximum Gasteiger partial charge on any atom is 0.277 e. The van der Waals surface area contributed by atoms with Gasteiger partial charge in [-0.3, -0.25) is 4.79 Å². The topological polar surface area (TPSA) is 77.2 Å². The first-order valence-corrected chi connectivity index (χ1v) is 10.3. The molecule has 1 N–H and O–H groups in total. The number of ether oxygens (including phenoxy) is 1. The van der Waals surface area contributed by atoms with E-state index in [2.05, 4.69) is 36.3 Å². The van der Waals surface area contributed by atoms with Gasteiger partial charge in [-0.2, -0.15) is 0 Å². The van der Waals surface area contributed by atoms with E-state index < -0.39 is 0 Å². The first kappa shape index (κ1) is 20.9. The summed E-state index contributed by atoms with van der Waals surface area (Å²) in [4.78, 5) is 12.5. The van der Waals surface area contributed by atoms with Gasteiger partial charge in [-0.15, -0.1) is 10.2 Å². The van der Waals surface area contributed by atoms with Gasteiger partial charge in [-0.05, 0) is 42.2 Å². The number of aryl methyl sites for hydroxylation is 1. The highest BCUT2D eigenvalue weighted by Gasteiger charge is 2.17. The van der Waals surface area contributed by atoms with Crippen LogP contribution in [0.5, 0.6) is 5.75 Å². The number of hydrogen-bond acceptors (Lipinski definition) is 6. The van der Waals surface area contributed by atoms with Crippen LogP contribution in [-0.4, -0.2) is 29.0 Å². The van der Waals surface area contributed by atoms with Crippen LogP contribution in [-0.2, 0) is 10.2 Å². The Balaban J connectivity index is 1.65. The molecule has 3 aromatic rings. The van der Waals surface area contributed by atoms with E-state index in [9.17, 15) is 4.79 Å². The maximum absolute atomic E-state index is 12.5. The molecule has 0 unspecified atom stereocenters. The van der Waals surface area contributed by atoms with Crippen LogP contribution < -0.4 is 10.1 Å². The van der Waals surface area contributed by atoms with Gasteiger partial charge in [0.15, 0.2) is 0 Å². The predicted octanol–water partition coefficient (Wildman–Crippen LogP) is 5.08. The van der Waals surface area contributed by atoms with Crippen molar-refractivity contribution in [3.63, 3.8) is 0 Å². The summed E-state index contributed by atoms with van der Waals surface area (Å²) in [5.41, 5.74) is 3.70. The fraction of sp³-hybridized carbons (Fsp3) is 0.318. The van der Waals surface area contributed by atoms with Crippen LogP contribution in [0.15, 0.2) is 52.1 Å². The number of benzene rings is 2. The van der Waals surface area contributed by atoms with E-state index >= 15 is 0 Å². The van der Waals surface area contributed by atoms with Gasteiger partial charge in [0.25, 0.3) is 5.22 Å². The van der Waals surface area contributed by atoms with E-state index in [1.807, 2.05) is 49.4 Å². The quantitative estimate of drug-likeness (QED) is 0.570. The molecule has 3 rings (SSSR count). The Bertz CT molecular complexity index is 1010. The normalized spacial score (nSPS) is 11.3. The number of nitrogens with zero attached hydrogens (tertiary/aromatic N) is 2. The zero-order valence-electron chi connectivity index (χ0n) is 17.3. The third-order valence-corrected chi connectivity index (χ3v) is 5.16. The number of aromatic nitrogens is 2.